The van der Waals surface area contributed by atoms with Gasteiger partial charge in [-0.05, 0) is 19.0 Å². The summed E-state index contributed by atoms with van der Waals surface area (Å²) in [6, 6.07) is 2.04. The minimum Gasteiger partial charge on any atom is -0.339 e. The molecule has 0 unspecified atom stereocenters. The van der Waals surface area contributed by atoms with Crippen LogP contribution >= 0.6 is 0 Å². The summed E-state index contributed by atoms with van der Waals surface area (Å²) in [6.45, 7) is 5.78. The molecular formula is C9H14N4O. The third-order valence-electron chi connectivity index (χ3n) is 1.95. The number of hydrogen-bond acceptors (Lipinski definition) is 5. The molecule has 0 spiro atoms. The first-order valence-electron chi connectivity index (χ1n) is 4.76. The third-order valence-corrected chi connectivity index (χ3v) is 1.95. The number of aromatic nitrogens is 2. The second kappa shape index (κ2) is 5.22. The van der Waals surface area contributed by atoms with E-state index >= 15 is 0 Å². The summed E-state index contributed by atoms with van der Waals surface area (Å²) < 4.78 is 5.00. The molecule has 0 N–H and O–H groups in total. The summed E-state index contributed by atoms with van der Waals surface area (Å²) in [6.07, 6.45) is 0.949. The highest BCUT2D eigenvalue weighted by atomic mass is 16.5. The van der Waals surface area contributed by atoms with Crippen LogP contribution in [0.3, 0.4) is 0 Å². The lowest BCUT2D eigenvalue weighted by atomic mass is 10.3. The smallest absolute Gasteiger partial charge is 0.266 e. The summed E-state index contributed by atoms with van der Waals surface area (Å²) in [4.78, 5) is 6.19. The van der Waals surface area contributed by atoms with Crippen molar-refractivity contribution in [1.29, 1.82) is 5.26 Å². The molecule has 1 rings (SSSR count). The highest BCUT2D eigenvalue weighted by Gasteiger charge is 2.10. The van der Waals surface area contributed by atoms with E-state index in [4.69, 9.17) is 9.78 Å². The van der Waals surface area contributed by atoms with E-state index < -0.39 is 0 Å². The van der Waals surface area contributed by atoms with E-state index in [-0.39, 0.29) is 0 Å². The monoisotopic (exact) mass is 194 g/mol. The van der Waals surface area contributed by atoms with Crippen molar-refractivity contribution >= 4 is 5.95 Å². The van der Waals surface area contributed by atoms with Gasteiger partial charge < -0.3 is 9.42 Å². The van der Waals surface area contributed by atoms with Crippen LogP contribution in [0.4, 0.5) is 5.95 Å². The minimum absolute atomic E-state index is 0.417. The molecular weight excluding hydrogens is 180 g/mol. The number of hydrogen-bond donors (Lipinski definition) is 0. The Balaban J connectivity index is 2.62. The van der Waals surface area contributed by atoms with E-state index in [1.54, 1.807) is 0 Å². The van der Waals surface area contributed by atoms with E-state index in [0.717, 1.165) is 13.1 Å². The minimum atomic E-state index is 0.417. The molecule has 0 aliphatic carbocycles. The molecule has 1 aromatic rings. The van der Waals surface area contributed by atoms with Gasteiger partial charge in [-0.15, -0.1) is 0 Å². The fourth-order valence-electron chi connectivity index (χ4n) is 1.15. The maximum Gasteiger partial charge on any atom is 0.266 e. The van der Waals surface area contributed by atoms with E-state index in [1.165, 1.54) is 0 Å². The van der Waals surface area contributed by atoms with Crippen LogP contribution < -0.4 is 4.90 Å². The van der Waals surface area contributed by atoms with Crippen molar-refractivity contribution in [1.82, 2.24) is 10.1 Å². The van der Waals surface area contributed by atoms with Gasteiger partial charge in [-0.2, -0.15) is 10.2 Å². The topological polar surface area (TPSA) is 66.0 Å². The predicted molar refractivity (Wildman–Crippen MR) is 51.8 cm³/mol. The van der Waals surface area contributed by atoms with Crippen LogP contribution in [-0.2, 0) is 6.42 Å². The van der Waals surface area contributed by atoms with Crippen molar-refractivity contribution in [3.63, 3.8) is 0 Å². The molecule has 0 bridgehead atoms. The zero-order valence-corrected chi connectivity index (χ0v) is 8.53. The Morgan fingerprint density at radius 3 is 2.71 bits per heavy atom. The highest BCUT2D eigenvalue weighted by Crippen LogP contribution is 2.09. The summed E-state index contributed by atoms with van der Waals surface area (Å²) in [5.74, 6) is 1.15. The SMILES string of the molecule is CCN(CC)c1noc(CCC#N)n1. The Labute approximate surface area is 83.3 Å². The van der Waals surface area contributed by atoms with Gasteiger partial charge in [0.1, 0.15) is 0 Å². The van der Waals surface area contributed by atoms with E-state index in [2.05, 4.69) is 10.1 Å². The lowest BCUT2D eigenvalue weighted by Crippen LogP contribution is -2.22. The van der Waals surface area contributed by atoms with Gasteiger partial charge in [-0.1, -0.05) is 0 Å². The van der Waals surface area contributed by atoms with E-state index in [0.29, 0.717) is 24.7 Å². The van der Waals surface area contributed by atoms with Gasteiger partial charge in [-0.3, -0.25) is 0 Å². The summed E-state index contributed by atoms with van der Waals surface area (Å²) in [5, 5.41) is 12.2. The Hall–Kier alpha value is -1.57. The van der Waals surface area contributed by atoms with Gasteiger partial charge in [0.05, 0.1) is 6.07 Å². The average Bonchev–Trinajstić information content (AvgIpc) is 2.65. The molecule has 76 valence electrons. The molecule has 5 heteroatoms. The highest BCUT2D eigenvalue weighted by molar-refractivity contribution is 5.26. The van der Waals surface area contributed by atoms with Crippen LogP contribution in [0.15, 0.2) is 4.52 Å². The lowest BCUT2D eigenvalue weighted by Gasteiger charge is -2.14. The first kappa shape index (κ1) is 10.5. The molecule has 0 aromatic carbocycles. The van der Waals surface area contributed by atoms with Crippen molar-refractivity contribution in [3.05, 3.63) is 5.89 Å². The van der Waals surface area contributed by atoms with Crippen LogP contribution in [0.5, 0.6) is 0 Å². The molecule has 5 nitrogen and oxygen atoms in total. The van der Waals surface area contributed by atoms with Crippen LogP contribution in [0.1, 0.15) is 26.2 Å². The largest absolute Gasteiger partial charge is 0.339 e. The Kier molecular flexibility index (Phi) is 3.92. The van der Waals surface area contributed by atoms with Crippen LogP contribution in [0.25, 0.3) is 0 Å². The fraction of sp³-hybridized carbons (Fsp3) is 0.667. The van der Waals surface area contributed by atoms with Crippen LogP contribution in [-0.4, -0.2) is 23.2 Å². The number of nitrogens with zero attached hydrogens (tertiary/aromatic N) is 4. The Morgan fingerprint density at radius 1 is 1.43 bits per heavy atom. The molecule has 0 aliphatic rings. The van der Waals surface area contributed by atoms with Crippen molar-refractivity contribution in [2.45, 2.75) is 26.7 Å². The molecule has 1 heterocycles. The zero-order valence-electron chi connectivity index (χ0n) is 8.53. The summed E-state index contributed by atoms with van der Waals surface area (Å²) in [5.41, 5.74) is 0. The zero-order chi connectivity index (χ0) is 10.4. The molecule has 1 aromatic heterocycles. The number of nitriles is 1. The molecule has 0 aliphatic heterocycles. The van der Waals surface area contributed by atoms with Gasteiger partial charge in [0, 0.05) is 25.9 Å². The molecule has 0 amide bonds. The van der Waals surface area contributed by atoms with Crippen molar-refractivity contribution in [3.8, 4) is 6.07 Å². The molecule has 14 heavy (non-hydrogen) atoms. The van der Waals surface area contributed by atoms with Crippen LogP contribution in [0.2, 0.25) is 0 Å². The number of rotatable bonds is 5. The van der Waals surface area contributed by atoms with Gasteiger partial charge in [-0.25, -0.2) is 0 Å². The van der Waals surface area contributed by atoms with Crippen LogP contribution in [0, 0.1) is 11.3 Å². The van der Waals surface area contributed by atoms with Gasteiger partial charge in [0.25, 0.3) is 5.95 Å². The molecule has 0 atom stereocenters. The van der Waals surface area contributed by atoms with Gasteiger partial charge in [0.15, 0.2) is 0 Å². The third kappa shape index (κ3) is 2.46. The van der Waals surface area contributed by atoms with Gasteiger partial charge in [0.2, 0.25) is 5.89 Å². The number of anilines is 1. The normalized spacial score (nSPS) is 9.79. The molecule has 0 fully saturated rings. The summed E-state index contributed by atoms with van der Waals surface area (Å²) in [7, 11) is 0. The standard InChI is InChI=1S/C9H14N4O/c1-3-13(4-2)9-11-8(14-12-9)6-5-7-10/h3-6H2,1-2H3. The second-order valence-electron chi connectivity index (χ2n) is 2.82. The predicted octanol–water partition coefficient (Wildman–Crippen LogP) is 1.37. The fourth-order valence-corrected chi connectivity index (χ4v) is 1.15. The maximum atomic E-state index is 8.39. The molecule has 0 saturated carbocycles. The van der Waals surface area contributed by atoms with E-state index in [1.807, 2.05) is 24.8 Å². The van der Waals surface area contributed by atoms with E-state index in [9.17, 15) is 0 Å². The lowest BCUT2D eigenvalue weighted by molar-refractivity contribution is 0.378. The Morgan fingerprint density at radius 2 is 2.14 bits per heavy atom. The van der Waals surface area contributed by atoms with Gasteiger partial charge >= 0.3 is 0 Å². The Bertz CT molecular complexity index is 311. The van der Waals surface area contributed by atoms with Crippen molar-refractivity contribution in [2.24, 2.45) is 0 Å². The van der Waals surface area contributed by atoms with Crippen molar-refractivity contribution in [2.75, 3.05) is 18.0 Å². The first-order valence-corrected chi connectivity index (χ1v) is 4.76. The maximum absolute atomic E-state index is 8.39. The quantitative estimate of drug-likeness (QED) is 0.708. The molecule has 0 radical (unpaired) electrons. The summed E-state index contributed by atoms with van der Waals surface area (Å²) >= 11 is 0. The second-order valence-corrected chi connectivity index (χ2v) is 2.82. The number of aryl methyl sites for hydroxylation is 1. The molecule has 0 saturated heterocycles. The van der Waals surface area contributed by atoms with Crippen molar-refractivity contribution < 1.29 is 4.52 Å². The average molecular weight is 194 g/mol. The first-order chi connectivity index (χ1) is 6.81.